The zero-order valence-corrected chi connectivity index (χ0v) is 32.4. The second kappa shape index (κ2) is 16.5. The number of β-lactam (4-membered cyclic amide) rings is 1. The third kappa shape index (κ3) is 8.68. The first-order valence-corrected chi connectivity index (χ1v) is 17.4. The van der Waals surface area contributed by atoms with Gasteiger partial charge < -0.3 is 55.1 Å². The number of carboxylic acid groups (broad SMARTS) is 2. The second-order valence-corrected chi connectivity index (χ2v) is 14.5. The number of likely N-dealkylation sites (tertiary alicyclic amines) is 1. The molecule has 0 saturated carbocycles. The Morgan fingerprint density at radius 1 is 1.11 bits per heavy atom. The zero-order valence-electron chi connectivity index (χ0n) is 28.8. The van der Waals surface area contributed by atoms with E-state index in [2.05, 4.69) is 15.8 Å². The van der Waals surface area contributed by atoms with Crippen LogP contribution in [0.1, 0.15) is 42.6 Å². The number of benzene rings is 2. The Kier molecular flexibility index (Phi) is 13.0. The van der Waals surface area contributed by atoms with Crippen molar-refractivity contribution < 1.29 is 92.8 Å². The number of nitrogens with one attached hydrogen (secondary N) is 2. The van der Waals surface area contributed by atoms with E-state index in [4.69, 9.17) is 16.4 Å². The quantitative estimate of drug-likeness (QED) is 0.0329. The van der Waals surface area contributed by atoms with Crippen molar-refractivity contribution in [2.24, 2.45) is 5.16 Å². The Hall–Kier alpha value is -4.07. The number of hydrogen-bond donors (Lipinski definition) is 5. The van der Waals surface area contributed by atoms with Crippen LogP contribution in [-0.2, 0) is 24.0 Å². The zero-order chi connectivity index (χ0) is 38.1. The van der Waals surface area contributed by atoms with Gasteiger partial charge in [-0.15, -0.1) is 11.8 Å². The van der Waals surface area contributed by atoms with E-state index in [0.717, 1.165) is 55.9 Å². The van der Waals surface area contributed by atoms with Crippen LogP contribution in [0.3, 0.4) is 0 Å². The van der Waals surface area contributed by atoms with Gasteiger partial charge in [0, 0.05) is 29.7 Å². The standard InChI is InChI=1S/C33H35ClFN5O11S.Na/c1-33(2,32(49)50)51-38-23(16-5-7-20(41)19(35)13-16)28(45)37-24-29(46)39-25(31(47)48)17(15-52-30(24)39)14-40(10-3-4-11-40)12-9-36-27(44)18-6-8-21(42)26(43)22(18)34;/h5-8,13,24,30H,3-4,9-12,14-15H2,1-2H3,(H6-,36,37,38,41,42,43,44,45,47,48,49,50);/q;+1/p-1/t24-,30-;/m1./s1. The number of carboxylic acids is 2. The molecule has 3 aliphatic heterocycles. The van der Waals surface area contributed by atoms with Crippen molar-refractivity contribution in [2.75, 3.05) is 38.5 Å². The average molecular weight is 786 g/mol. The first-order valence-electron chi connectivity index (χ1n) is 16.0. The molecule has 3 amide bonds. The van der Waals surface area contributed by atoms with Crippen molar-refractivity contribution in [3.05, 3.63) is 63.6 Å². The minimum Gasteiger partial charge on any atom is -0.546 e. The molecule has 5 rings (SSSR count). The predicted molar refractivity (Wildman–Crippen MR) is 178 cm³/mol. The van der Waals surface area contributed by atoms with Crippen molar-refractivity contribution in [1.82, 2.24) is 15.5 Å². The normalized spacial score (nSPS) is 19.4. The van der Waals surface area contributed by atoms with Gasteiger partial charge in [-0.05, 0) is 44.2 Å². The van der Waals surface area contributed by atoms with Gasteiger partial charge in [-0.25, -0.2) is 4.39 Å². The maximum Gasteiger partial charge on any atom is 1.00 e. The second-order valence-electron chi connectivity index (χ2n) is 13.0. The van der Waals surface area contributed by atoms with E-state index in [1.54, 1.807) is 0 Å². The van der Waals surface area contributed by atoms with Crippen LogP contribution >= 0.6 is 23.4 Å². The first kappa shape index (κ1) is 41.7. The number of oxime groups is 1. The van der Waals surface area contributed by atoms with Crippen LogP contribution in [0.5, 0.6) is 17.2 Å². The summed E-state index contributed by atoms with van der Waals surface area (Å²) in [5.74, 6) is -8.49. The van der Waals surface area contributed by atoms with E-state index >= 15 is 0 Å². The molecule has 3 aliphatic rings. The molecule has 20 heteroatoms. The van der Waals surface area contributed by atoms with Crippen LogP contribution < -0.4 is 50.4 Å². The monoisotopic (exact) mass is 785 g/mol. The Morgan fingerprint density at radius 2 is 1.77 bits per heavy atom. The fraction of sp³-hybridized carbons (Fsp3) is 0.394. The SMILES string of the molecule is CC(C)(O/N=C(\C(=O)N[C@@H]1C(=O)N2C(C(=O)[O-])=C(C[N+]3(CCNC(=O)c4ccc(O)c(O)c4Cl)CCCC3)CS[C@H]12)c1ccc(O)c(F)c1)C(=O)[O-].[Na+]. The van der Waals surface area contributed by atoms with Crippen LogP contribution in [-0.4, -0.2) is 116 Å². The number of phenolic OH excluding ortho intramolecular Hbond substituents is 3. The third-order valence-corrected chi connectivity index (χ3v) is 10.8. The summed E-state index contributed by atoms with van der Waals surface area (Å²) < 4.78 is 14.6. The Balaban J connectivity index is 0.00000627. The molecule has 2 aromatic carbocycles. The molecule has 0 spiro atoms. The maximum absolute atomic E-state index is 14.2. The number of halogens is 2. The third-order valence-electron chi connectivity index (χ3n) is 9.07. The van der Waals surface area contributed by atoms with Gasteiger partial charge in [0.25, 0.3) is 17.7 Å². The Bertz CT molecular complexity index is 1910. The number of carbonyl (C=O) groups is 5. The van der Waals surface area contributed by atoms with E-state index in [9.17, 15) is 53.9 Å². The molecule has 0 aromatic heterocycles. The molecule has 53 heavy (non-hydrogen) atoms. The molecule has 0 bridgehead atoms. The minimum absolute atomic E-state index is 0. The summed E-state index contributed by atoms with van der Waals surface area (Å²) in [6.45, 7) is 4.32. The number of amides is 3. The van der Waals surface area contributed by atoms with Crippen LogP contribution in [0, 0.1) is 5.82 Å². The molecule has 3 heterocycles. The summed E-state index contributed by atoms with van der Waals surface area (Å²) in [6.07, 6.45) is 1.68. The first-order chi connectivity index (χ1) is 24.5. The van der Waals surface area contributed by atoms with Gasteiger partial charge in [-0.3, -0.25) is 19.3 Å². The number of quaternary nitrogens is 1. The Labute approximate surface area is 333 Å². The molecule has 0 aliphatic carbocycles. The number of carbonyl (C=O) groups excluding carboxylic acids is 5. The van der Waals surface area contributed by atoms with Crippen LogP contribution in [0.2, 0.25) is 5.02 Å². The van der Waals surface area contributed by atoms with Gasteiger partial charge in [-0.1, -0.05) is 16.8 Å². The fourth-order valence-electron chi connectivity index (χ4n) is 6.18. The molecule has 2 atom stereocenters. The summed E-state index contributed by atoms with van der Waals surface area (Å²) in [4.78, 5) is 69.7. The van der Waals surface area contributed by atoms with Gasteiger partial charge >= 0.3 is 29.6 Å². The number of fused-ring (bicyclic) bond motifs is 1. The summed E-state index contributed by atoms with van der Waals surface area (Å²) in [5.41, 5.74) is -2.80. The molecule has 2 aromatic rings. The minimum atomic E-state index is -2.01. The average Bonchev–Trinajstić information content (AvgIpc) is 3.55. The van der Waals surface area contributed by atoms with Crippen LogP contribution in [0.25, 0.3) is 0 Å². The number of phenols is 3. The van der Waals surface area contributed by atoms with Crippen molar-refractivity contribution in [1.29, 1.82) is 0 Å². The van der Waals surface area contributed by atoms with Gasteiger partial charge in [0.05, 0.1) is 54.4 Å². The van der Waals surface area contributed by atoms with Gasteiger partial charge in [0.15, 0.2) is 34.4 Å². The van der Waals surface area contributed by atoms with E-state index < -0.39 is 75.5 Å². The van der Waals surface area contributed by atoms with Crippen molar-refractivity contribution in [3.63, 3.8) is 0 Å². The van der Waals surface area contributed by atoms with E-state index in [1.807, 2.05) is 0 Å². The topological polar surface area (TPSA) is 241 Å². The van der Waals surface area contributed by atoms with E-state index in [-0.39, 0.29) is 70.2 Å². The molecule has 2 fully saturated rings. The largest absolute Gasteiger partial charge is 1.00 e. The van der Waals surface area contributed by atoms with Gasteiger partial charge in [-0.2, -0.15) is 0 Å². The molecule has 2 saturated heterocycles. The van der Waals surface area contributed by atoms with E-state index in [1.165, 1.54) is 17.8 Å². The summed E-state index contributed by atoms with van der Waals surface area (Å²) in [5, 5.41) is 60.7. The summed E-state index contributed by atoms with van der Waals surface area (Å²) >= 11 is 7.22. The fourth-order valence-corrected chi connectivity index (χ4v) is 7.76. The van der Waals surface area contributed by atoms with Crippen molar-refractivity contribution in [3.8, 4) is 17.2 Å². The molecule has 0 unspecified atom stereocenters. The van der Waals surface area contributed by atoms with Crippen molar-refractivity contribution in [2.45, 2.75) is 43.7 Å². The maximum atomic E-state index is 14.2. The molecule has 0 radical (unpaired) electrons. The number of nitrogens with zero attached hydrogens (tertiary/aromatic N) is 3. The summed E-state index contributed by atoms with van der Waals surface area (Å²) in [6, 6.07) is 3.96. The van der Waals surface area contributed by atoms with Gasteiger partial charge in [0.1, 0.15) is 18.0 Å². The number of aliphatic carboxylic acids is 2. The summed E-state index contributed by atoms with van der Waals surface area (Å²) in [7, 11) is 0. The number of rotatable bonds is 13. The van der Waals surface area contributed by atoms with E-state index in [0.29, 0.717) is 29.7 Å². The molecule has 16 nitrogen and oxygen atoms in total. The number of aromatic hydroxyl groups is 3. The smallest absolute Gasteiger partial charge is 0.546 e. The van der Waals surface area contributed by atoms with Crippen LogP contribution in [0.4, 0.5) is 4.39 Å². The Morgan fingerprint density at radius 3 is 2.40 bits per heavy atom. The molecular formula is C33H34ClFN5NaO11S. The van der Waals surface area contributed by atoms with Crippen LogP contribution in [0.15, 0.2) is 46.8 Å². The molecule has 278 valence electrons. The number of hydrogen-bond acceptors (Lipinski definition) is 13. The van der Waals surface area contributed by atoms with Crippen molar-refractivity contribution >= 4 is 58.7 Å². The predicted octanol–water partition coefficient (Wildman–Crippen LogP) is -3.71. The molecular weight excluding hydrogens is 752 g/mol. The molecule has 5 N–H and O–H groups in total. The van der Waals surface area contributed by atoms with Gasteiger partial charge in [0.2, 0.25) is 0 Å². The number of thioether (sulfide) groups is 1.